The number of fused-ring (bicyclic) bond motifs is 7. The van der Waals surface area contributed by atoms with Crippen molar-refractivity contribution in [1.82, 2.24) is 9.62 Å². The van der Waals surface area contributed by atoms with Gasteiger partial charge in [-0.15, -0.1) is 0 Å². The maximum atomic E-state index is 12.3. The van der Waals surface area contributed by atoms with Crippen LogP contribution in [0.1, 0.15) is 128 Å². The Morgan fingerprint density at radius 3 is 2.36 bits per heavy atom. The minimum absolute atomic E-state index is 0.0136. The van der Waals surface area contributed by atoms with Crippen molar-refractivity contribution >= 4 is 21.6 Å². The van der Waals surface area contributed by atoms with Crippen LogP contribution in [-0.2, 0) is 10.0 Å². The van der Waals surface area contributed by atoms with E-state index in [0.717, 1.165) is 32.4 Å². The van der Waals surface area contributed by atoms with Gasteiger partial charge < -0.3 is 10.4 Å². The molecule has 0 aromatic heterocycles. The molecular formula is C43H64N2O4S. The molecule has 0 spiro atoms. The number of rotatable bonds is 9. The molecule has 9 atom stereocenters. The molecule has 276 valence electrons. The van der Waals surface area contributed by atoms with Crippen LogP contribution in [0.4, 0.5) is 0 Å². The molecule has 5 aliphatic carbocycles. The van der Waals surface area contributed by atoms with E-state index >= 15 is 0 Å². The lowest BCUT2D eigenvalue weighted by molar-refractivity contribution is -0.225. The topological polar surface area (TPSA) is 86.7 Å². The third-order valence-corrected chi connectivity index (χ3v) is 18.7. The maximum absolute atomic E-state index is 12.3. The second-order valence-electron chi connectivity index (χ2n) is 19.1. The molecule has 7 heteroatoms. The highest BCUT2D eigenvalue weighted by Crippen LogP contribution is 2.77. The Bertz CT molecular complexity index is 1650. The van der Waals surface area contributed by atoms with Crippen molar-refractivity contribution in [3.8, 4) is 0 Å². The Hall–Kier alpha value is -1.96. The summed E-state index contributed by atoms with van der Waals surface area (Å²) in [6.07, 6.45) is 15.6. The average molecular weight is 705 g/mol. The first-order valence-corrected chi connectivity index (χ1v) is 21.5. The van der Waals surface area contributed by atoms with Crippen LogP contribution < -0.4 is 5.32 Å². The van der Waals surface area contributed by atoms with Gasteiger partial charge >= 0.3 is 5.97 Å². The number of carboxylic acid groups (broad SMARTS) is 1. The Balaban J connectivity index is 1.12. The van der Waals surface area contributed by atoms with Gasteiger partial charge in [0.25, 0.3) is 0 Å². The zero-order valence-electron chi connectivity index (χ0n) is 31.8. The number of carboxylic acids is 1. The number of benzene rings is 1. The summed E-state index contributed by atoms with van der Waals surface area (Å²) in [6.45, 7) is 23.1. The van der Waals surface area contributed by atoms with Gasteiger partial charge in [-0.2, -0.15) is 0 Å². The molecule has 6 nitrogen and oxygen atoms in total. The van der Waals surface area contributed by atoms with E-state index in [1.54, 1.807) is 16.4 Å². The van der Waals surface area contributed by atoms with E-state index in [9.17, 15) is 18.3 Å². The van der Waals surface area contributed by atoms with Gasteiger partial charge in [0.15, 0.2) is 0 Å². The molecular weight excluding hydrogens is 641 g/mol. The van der Waals surface area contributed by atoms with Crippen LogP contribution in [-0.4, -0.2) is 55.7 Å². The van der Waals surface area contributed by atoms with Gasteiger partial charge in [-0.1, -0.05) is 65.0 Å². The second-order valence-corrected chi connectivity index (χ2v) is 21.2. The van der Waals surface area contributed by atoms with Gasteiger partial charge in [0.05, 0.1) is 11.3 Å². The molecule has 6 aliphatic rings. The standard InChI is InChI=1S/C43H64N2O4S/c1-29(2)32-16-21-43(28-44-24-8-25-45-26-9-27-50(45,48)49)23-22-41(6)34(37(32)43)14-15-36-40(5)19-17-33(30-10-12-31(13-11-30)38(46)47)39(3,4)35(40)18-20-42(36,41)7/h10-13,17,32,34-37,44H,1,8-9,14-16,18-28H2,2-7H3,(H,46,47)/t32-,34+,35-,36+,37+,40-,41+,42+,43+/m0/s1. The highest BCUT2D eigenvalue weighted by Gasteiger charge is 2.70. The van der Waals surface area contributed by atoms with Gasteiger partial charge in [-0.25, -0.2) is 17.5 Å². The lowest BCUT2D eigenvalue weighted by atomic mass is 9.32. The molecule has 1 aliphatic heterocycles. The number of sulfonamides is 1. The fraction of sp³-hybridized carbons (Fsp3) is 0.744. The van der Waals surface area contributed by atoms with Crippen LogP contribution in [0.2, 0.25) is 0 Å². The Kier molecular flexibility index (Phi) is 9.16. The summed E-state index contributed by atoms with van der Waals surface area (Å²) >= 11 is 0. The highest BCUT2D eigenvalue weighted by atomic mass is 32.2. The molecule has 1 heterocycles. The first-order valence-electron chi connectivity index (χ1n) is 19.9. The van der Waals surface area contributed by atoms with Crippen molar-refractivity contribution in [3.05, 3.63) is 53.6 Å². The molecule has 1 aromatic carbocycles. The molecule has 1 saturated heterocycles. The third-order valence-electron chi connectivity index (χ3n) is 16.7. The molecule has 5 fully saturated rings. The fourth-order valence-corrected chi connectivity index (χ4v) is 15.7. The van der Waals surface area contributed by atoms with Crippen molar-refractivity contribution in [2.75, 3.05) is 31.9 Å². The van der Waals surface area contributed by atoms with Gasteiger partial charge in [0, 0.05) is 19.6 Å². The summed E-state index contributed by atoms with van der Waals surface area (Å²) in [7, 11) is -3.03. The van der Waals surface area contributed by atoms with Gasteiger partial charge in [-0.05, 0) is 164 Å². The van der Waals surface area contributed by atoms with Crippen LogP contribution in [0.15, 0.2) is 42.5 Å². The van der Waals surface area contributed by atoms with Gasteiger partial charge in [0.1, 0.15) is 0 Å². The zero-order valence-corrected chi connectivity index (χ0v) is 32.6. The van der Waals surface area contributed by atoms with E-state index < -0.39 is 16.0 Å². The van der Waals surface area contributed by atoms with E-state index in [0.29, 0.717) is 64.8 Å². The van der Waals surface area contributed by atoms with Crippen LogP contribution in [0.5, 0.6) is 0 Å². The van der Waals surface area contributed by atoms with Gasteiger partial charge in [0.2, 0.25) is 10.0 Å². The van der Waals surface area contributed by atoms with Crippen molar-refractivity contribution < 1.29 is 18.3 Å². The molecule has 4 saturated carbocycles. The predicted octanol–water partition coefficient (Wildman–Crippen LogP) is 9.05. The molecule has 50 heavy (non-hydrogen) atoms. The second kappa shape index (κ2) is 12.6. The predicted molar refractivity (Wildman–Crippen MR) is 203 cm³/mol. The zero-order chi connectivity index (χ0) is 35.9. The Labute approximate surface area is 303 Å². The minimum atomic E-state index is -3.03. The molecule has 0 radical (unpaired) electrons. The summed E-state index contributed by atoms with van der Waals surface area (Å²) in [4.78, 5) is 11.6. The van der Waals surface area contributed by atoms with Crippen LogP contribution >= 0.6 is 0 Å². The van der Waals surface area contributed by atoms with E-state index in [-0.39, 0.29) is 16.2 Å². The van der Waals surface area contributed by atoms with Crippen LogP contribution in [0, 0.1) is 56.7 Å². The summed E-state index contributed by atoms with van der Waals surface area (Å²) in [5, 5.41) is 13.4. The van der Waals surface area contributed by atoms with Crippen LogP contribution in [0.3, 0.4) is 0 Å². The number of hydrogen-bond donors (Lipinski definition) is 2. The normalized spacial score (nSPS) is 41.7. The quantitative estimate of drug-likeness (QED) is 0.198. The van der Waals surface area contributed by atoms with Crippen molar-refractivity contribution in [1.29, 1.82) is 0 Å². The third kappa shape index (κ3) is 5.44. The molecule has 2 N–H and O–H groups in total. The lowest BCUT2D eigenvalue weighted by Crippen LogP contribution is -2.65. The van der Waals surface area contributed by atoms with Crippen molar-refractivity contribution in [2.45, 2.75) is 112 Å². The summed E-state index contributed by atoms with van der Waals surface area (Å²) in [5.41, 5.74) is 5.44. The van der Waals surface area contributed by atoms with E-state index in [1.807, 2.05) is 12.1 Å². The summed E-state index contributed by atoms with van der Waals surface area (Å²) in [6, 6.07) is 7.59. The Morgan fingerprint density at radius 2 is 1.70 bits per heavy atom. The number of aromatic carboxylic acids is 1. The summed E-state index contributed by atoms with van der Waals surface area (Å²) < 4.78 is 26.3. The Morgan fingerprint density at radius 1 is 0.960 bits per heavy atom. The largest absolute Gasteiger partial charge is 0.478 e. The highest BCUT2D eigenvalue weighted by molar-refractivity contribution is 7.89. The number of nitrogens with one attached hydrogen (secondary N) is 1. The first kappa shape index (κ1) is 36.4. The van der Waals surface area contributed by atoms with E-state index in [2.05, 4.69) is 59.5 Å². The first-order chi connectivity index (χ1) is 23.5. The summed E-state index contributed by atoms with van der Waals surface area (Å²) in [5.74, 6) is 2.67. The lowest BCUT2D eigenvalue weighted by Gasteiger charge is -2.72. The molecule has 0 amide bonds. The monoisotopic (exact) mass is 704 g/mol. The minimum Gasteiger partial charge on any atom is -0.478 e. The number of carbonyl (C=O) groups is 1. The van der Waals surface area contributed by atoms with E-state index in [4.69, 9.17) is 0 Å². The average Bonchev–Trinajstić information content (AvgIpc) is 3.60. The molecule has 7 rings (SSSR count). The number of hydrogen-bond acceptors (Lipinski definition) is 4. The molecule has 0 unspecified atom stereocenters. The van der Waals surface area contributed by atoms with Crippen LogP contribution in [0.25, 0.3) is 5.57 Å². The molecule has 1 aromatic rings. The number of allylic oxidation sites excluding steroid dienone is 3. The smallest absolute Gasteiger partial charge is 0.335 e. The number of nitrogens with zero attached hydrogens (tertiary/aromatic N) is 1. The van der Waals surface area contributed by atoms with E-state index in [1.165, 1.54) is 68.1 Å². The van der Waals surface area contributed by atoms with Crippen molar-refractivity contribution in [3.63, 3.8) is 0 Å². The maximum Gasteiger partial charge on any atom is 0.335 e. The SMILES string of the molecule is C=C(C)[C@@H]1CC[C@]2(CNCCCN3CCCS3(=O)=O)CC[C@]3(C)[C@H](CC[C@@H]4[C@@]5(C)CC=C(c6ccc(C(=O)O)cc6)C(C)(C)[C@@H]5CC[C@]43C)[C@@H]12. The molecule has 0 bridgehead atoms. The fourth-order valence-electron chi connectivity index (χ4n) is 14.1. The van der Waals surface area contributed by atoms with Gasteiger partial charge in [-0.3, -0.25) is 0 Å². The van der Waals surface area contributed by atoms with Crippen molar-refractivity contribution in [2.24, 2.45) is 56.7 Å².